The van der Waals surface area contributed by atoms with E-state index in [0.29, 0.717) is 0 Å². The number of rotatable bonds is 1. The molecule has 0 heterocycles. The summed E-state index contributed by atoms with van der Waals surface area (Å²) in [6, 6.07) is 12.9. The second kappa shape index (κ2) is 13.5. The van der Waals surface area contributed by atoms with E-state index in [1.165, 1.54) is 56.1 Å². The van der Waals surface area contributed by atoms with Gasteiger partial charge in [-0.2, -0.15) is 39.5 Å². The van der Waals surface area contributed by atoms with Crippen LogP contribution in [0.4, 0.5) is 0 Å². The molecule has 146 valence electrons. The molecule has 0 fully saturated rings. The van der Waals surface area contributed by atoms with Crippen molar-refractivity contribution in [3.8, 4) is 0 Å². The molecule has 0 nitrogen and oxygen atoms in total. The molecule has 0 aliphatic heterocycles. The summed E-state index contributed by atoms with van der Waals surface area (Å²) >= 11 is 0. The van der Waals surface area contributed by atoms with Crippen molar-refractivity contribution in [2.45, 2.75) is 54.4 Å². The predicted octanol–water partition coefficient (Wildman–Crippen LogP) is 0.698. The minimum atomic E-state index is 0. The van der Waals surface area contributed by atoms with E-state index in [0.717, 1.165) is 6.42 Å². The van der Waals surface area contributed by atoms with Gasteiger partial charge in [0.25, 0.3) is 0 Å². The standard InChI is InChI=1S/C14H11.C11H17.2ClH.2Zr/c1-10-8-12-7-6-11-4-2-3-5-13(11)14(12)9-10;1-6-11-9(4)7(2)8(3)10(11)5;;;;/h2-7H,8H2,1H3;6H2,1-5H3;2*1H;;/q2*-1;;;2*+4/p-2. The summed E-state index contributed by atoms with van der Waals surface area (Å²) in [5.74, 6) is 0. The van der Waals surface area contributed by atoms with E-state index in [2.05, 4.69) is 84.0 Å². The first-order valence-corrected chi connectivity index (χ1v) is 9.26. The molecule has 1 aliphatic carbocycles. The van der Waals surface area contributed by atoms with Gasteiger partial charge in [-0.1, -0.05) is 84.0 Å². The molecule has 0 saturated heterocycles. The Labute approximate surface area is 227 Å². The topological polar surface area (TPSA) is 0 Å². The first-order chi connectivity index (χ1) is 11.9. The Morgan fingerprint density at radius 3 is 1.90 bits per heavy atom. The van der Waals surface area contributed by atoms with Gasteiger partial charge in [-0.25, -0.2) is 0 Å². The normalized spacial score (nSPS) is 10.9. The molecule has 0 N–H and O–H groups in total. The number of benzene rings is 2. The number of halogens is 2. The maximum absolute atomic E-state index is 3.46. The third-order valence-electron chi connectivity index (χ3n) is 5.76. The molecule has 0 aromatic heterocycles. The van der Waals surface area contributed by atoms with Gasteiger partial charge >= 0.3 is 52.4 Å². The van der Waals surface area contributed by atoms with Crippen LogP contribution < -0.4 is 24.8 Å². The van der Waals surface area contributed by atoms with Crippen LogP contribution in [0.3, 0.4) is 0 Å². The Morgan fingerprint density at radius 2 is 1.38 bits per heavy atom. The summed E-state index contributed by atoms with van der Waals surface area (Å²) in [6.07, 6.45) is 5.70. The van der Waals surface area contributed by atoms with E-state index >= 15 is 0 Å². The number of hydrogen-bond acceptors (Lipinski definition) is 0. The van der Waals surface area contributed by atoms with E-state index in [9.17, 15) is 0 Å². The summed E-state index contributed by atoms with van der Waals surface area (Å²) in [6.45, 7) is 13.3. The van der Waals surface area contributed by atoms with Crippen molar-refractivity contribution in [1.82, 2.24) is 0 Å². The summed E-state index contributed by atoms with van der Waals surface area (Å²) in [7, 11) is 0. The van der Waals surface area contributed by atoms with Crippen molar-refractivity contribution >= 4 is 10.8 Å². The van der Waals surface area contributed by atoms with Crippen LogP contribution >= 0.6 is 0 Å². The van der Waals surface area contributed by atoms with Gasteiger partial charge in [0, 0.05) is 0 Å². The summed E-state index contributed by atoms with van der Waals surface area (Å²) in [5, 5.41) is 2.65. The van der Waals surface area contributed by atoms with Gasteiger partial charge in [-0.05, 0) is 0 Å². The van der Waals surface area contributed by atoms with Crippen molar-refractivity contribution in [3.05, 3.63) is 87.0 Å². The smallest absolute Gasteiger partial charge is 1.00 e. The second-order valence-corrected chi connectivity index (χ2v) is 7.24. The molecular weight excluding hydrogens is 554 g/mol. The van der Waals surface area contributed by atoms with Crippen LogP contribution in [0.5, 0.6) is 0 Å². The fourth-order valence-electron chi connectivity index (χ4n) is 3.98. The molecule has 0 spiro atoms. The zero-order valence-electron chi connectivity index (χ0n) is 18.1. The molecule has 0 atom stereocenters. The minimum Gasteiger partial charge on any atom is -1.00 e. The zero-order chi connectivity index (χ0) is 18.1. The van der Waals surface area contributed by atoms with Crippen molar-refractivity contribution in [2.24, 2.45) is 0 Å². The maximum atomic E-state index is 3.46. The Morgan fingerprint density at radius 1 is 0.828 bits per heavy atom. The van der Waals surface area contributed by atoms with Gasteiger partial charge in [-0.15, -0.1) is 28.7 Å². The first-order valence-electron chi connectivity index (χ1n) is 9.26. The molecule has 0 amide bonds. The van der Waals surface area contributed by atoms with E-state index in [-0.39, 0.29) is 77.2 Å². The molecular formula is C25H28Cl2Zr2+4. The molecule has 4 heteroatoms. The Bertz CT molecular complexity index is 943. The number of fused-ring (bicyclic) bond motifs is 3. The van der Waals surface area contributed by atoms with Gasteiger partial charge in [0.2, 0.25) is 0 Å². The van der Waals surface area contributed by atoms with Crippen molar-refractivity contribution in [2.75, 3.05) is 0 Å². The molecule has 0 bridgehead atoms. The van der Waals surface area contributed by atoms with Gasteiger partial charge in [0.15, 0.2) is 0 Å². The van der Waals surface area contributed by atoms with Crippen LogP contribution in [-0.2, 0) is 65.2 Å². The first kappa shape index (κ1) is 31.3. The summed E-state index contributed by atoms with van der Waals surface area (Å²) in [5.41, 5.74) is 11.6. The SMILES string of the molecule is CC1=[C-]c2c(ccc3ccccc23)C1.CC[c-]1c(C)c(C)c(C)c1C.[Cl-].[Cl-].[Zr+4].[Zr+4]. The second-order valence-electron chi connectivity index (χ2n) is 7.24. The van der Waals surface area contributed by atoms with Crippen LogP contribution in [-0.4, -0.2) is 0 Å². The van der Waals surface area contributed by atoms with E-state index in [1.807, 2.05) is 0 Å². The average Bonchev–Trinajstić information content (AvgIpc) is 3.09. The third-order valence-corrected chi connectivity index (χ3v) is 5.76. The summed E-state index contributed by atoms with van der Waals surface area (Å²) in [4.78, 5) is 0. The molecule has 3 aromatic rings. The number of hydrogen-bond donors (Lipinski definition) is 0. The van der Waals surface area contributed by atoms with E-state index in [1.54, 1.807) is 5.56 Å². The molecule has 0 saturated carbocycles. The van der Waals surface area contributed by atoms with Crippen LogP contribution in [0.25, 0.3) is 10.8 Å². The van der Waals surface area contributed by atoms with E-state index < -0.39 is 0 Å². The van der Waals surface area contributed by atoms with Gasteiger partial charge in [0.05, 0.1) is 0 Å². The predicted molar refractivity (Wildman–Crippen MR) is 110 cm³/mol. The molecule has 0 unspecified atom stereocenters. The number of allylic oxidation sites excluding steroid dienone is 1. The van der Waals surface area contributed by atoms with Gasteiger partial charge < -0.3 is 24.8 Å². The fourth-order valence-corrected chi connectivity index (χ4v) is 3.98. The van der Waals surface area contributed by atoms with E-state index in [4.69, 9.17) is 0 Å². The van der Waals surface area contributed by atoms with Crippen LogP contribution in [0.1, 0.15) is 52.8 Å². The van der Waals surface area contributed by atoms with Crippen molar-refractivity contribution in [3.63, 3.8) is 0 Å². The molecule has 3 aromatic carbocycles. The van der Waals surface area contributed by atoms with Crippen LogP contribution in [0.15, 0.2) is 42.0 Å². The van der Waals surface area contributed by atoms with Gasteiger partial charge in [-0.3, -0.25) is 0 Å². The molecule has 1 aliphatic rings. The Kier molecular flexibility index (Phi) is 14.6. The largest absolute Gasteiger partial charge is 4.00 e. The Balaban J connectivity index is 0. The minimum absolute atomic E-state index is 0. The summed E-state index contributed by atoms with van der Waals surface area (Å²) < 4.78 is 0. The third kappa shape index (κ3) is 6.56. The zero-order valence-corrected chi connectivity index (χ0v) is 24.6. The van der Waals surface area contributed by atoms with Crippen LogP contribution in [0.2, 0.25) is 0 Å². The van der Waals surface area contributed by atoms with Crippen molar-refractivity contribution in [1.29, 1.82) is 0 Å². The monoisotopic (exact) mass is 578 g/mol. The average molecular weight is 582 g/mol. The molecule has 0 radical (unpaired) electrons. The van der Waals surface area contributed by atoms with Crippen molar-refractivity contribution < 1.29 is 77.2 Å². The molecule has 4 rings (SSSR count). The molecule has 29 heavy (non-hydrogen) atoms. The quantitative estimate of drug-likeness (QED) is 0.372. The maximum Gasteiger partial charge on any atom is 4.00 e. The Hall–Kier alpha value is 0.136. The van der Waals surface area contributed by atoms with Gasteiger partial charge in [0.1, 0.15) is 0 Å². The van der Waals surface area contributed by atoms with Crippen LogP contribution in [0, 0.1) is 33.8 Å². The fraction of sp³-hybridized carbons (Fsp3) is 0.320.